The van der Waals surface area contributed by atoms with Crippen LogP contribution < -0.4 is 10.6 Å². The van der Waals surface area contributed by atoms with Crippen molar-refractivity contribution < 1.29 is 0 Å². The van der Waals surface area contributed by atoms with E-state index in [1.807, 2.05) is 0 Å². The number of nitrogens with one attached hydrogen (secondary N) is 2. The Kier molecular flexibility index (Phi) is 6.15. The van der Waals surface area contributed by atoms with Gasteiger partial charge in [0.15, 0.2) is 0 Å². The number of hydrogen-bond acceptors (Lipinski definition) is 5. The van der Waals surface area contributed by atoms with Crippen LogP contribution in [0.25, 0.3) is 0 Å². The highest BCUT2D eigenvalue weighted by molar-refractivity contribution is 8.00. The third-order valence-corrected chi connectivity index (χ3v) is 5.46. The van der Waals surface area contributed by atoms with Crippen molar-refractivity contribution in [2.75, 3.05) is 29.5 Å². The monoisotopic (exact) mass is 308 g/mol. The molecule has 0 aliphatic carbocycles. The van der Waals surface area contributed by atoms with Crippen LogP contribution in [-0.4, -0.2) is 33.6 Å². The summed E-state index contributed by atoms with van der Waals surface area (Å²) in [5.74, 6) is 3.30. The lowest BCUT2D eigenvalue weighted by Gasteiger charge is -2.24. The predicted molar refractivity (Wildman–Crippen MR) is 93.4 cm³/mol. The summed E-state index contributed by atoms with van der Waals surface area (Å²) in [6, 6.07) is 0. The fourth-order valence-electron chi connectivity index (χ4n) is 2.69. The summed E-state index contributed by atoms with van der Waals surface area (Å²) in [5.41, 5.74) is 1.24. The first-order valence-corrected chi connectivity index (χ1v) is 9.12. The van der Waals surface area contributed by atoms with E-state index in [0.717, 1.165) is 44.0 Å². The molecule has 1 unspecified atom stereocenters. The molecule has 1 saturated heterocycles. The standard InChI is InChI=1S/C16H28N4S/c1-4-7-13-14(17-9-5-2)19-12-20-15(13)18-11-16(3)8-6-10-21-16/h12H,4-11H2,1-3H3,(H2,17,18,19,20). The topological polar surface area (TPSA) is 49.8 Å². The Balaban J connectivity index is 2.09. The third kappa shape index (κ3) is 4.50. The minimum Gasteiger partial charge on any atom is -0.370 e. The smallest absolute Gasteiger partial charge is 0.134 e. The average Bonchev–Trinajstić information content (AvgIpc) is 2.92. The quantitative estimate of drug-likeness (QED) is 0.761. The van der Waals surface area contributed by atoms with Crippen LogP contribution in [0, 0.1) is 0 Å². The maximum Gasteiger partial charge on any atom is 0.134 e. The molecule has 5 heteroatoms. The van der Waals surface area contributed by atoms with Crippen molar-refractivity contribution in [1.29, 1.82) is 0 Å². The van der Waals surface area contributed by atoms with E-state index in [9.17, 15) is 0 Å². The molecule has 1 aromatic heterocycles. The summed E-state index contributed by atoms with van der Waals surface area (Å²) in [4.78, 5) is 8.91. The van der Waals surface area contributed by atoms with E-state index in [4.69, 9.17) is 0 Å². The molecule has 0 aromatic carbocycles. The summed E-state index contributed by atoms with van der Waals surface area (Å²) in [7, 11) is 0. The normalized spacial score (nSPS) is 21.5. The van der Waals surface area contributed by atoms with Gasteiger partial charge in [-0.2, -0.15) is 11.8 Å². The van der Waals surface area contributed by atoms with Gasteiger partial charge in [-0.25, -0.2) is 9.97 Å². The van der Waals surface area contributed by atoms with Crippen LogP contribution >= 0.6 is 11.8 Å². The van der Waals surface area contributed by atoms with Crippen molar-refractivity contribution in [1.82, 2.24) is 9.97 Å². The van der Waals surface area contributed by atoms with Gasteiger partial charge >= 0.3 is 0 Å². The molecule has 1 atom stereocenters. The van der Waals surface area contributed by atoms with Crippen LogP contribution in [-0.2, 0) is 6.42 Å². The number of hydrogen-bond donors (Lipinski definition) is 2. The number of anilines is 2. The van der Waals surface area contributed by atoms with Gasteiger partial charge < -0.3 is 10.6 Å². The molecule has 0 saturated carbocycles. The highest BCUT2D eigenvalue weighted by atomic mass is 32.2. The van der Waals surface area contributed by atoms with Crippen LogP contribution in [0.5, 0.6) is 0 Å². The first-order valence-electron chi connectivity index (χ1n) is 8.14. The molecule has 2 heterocycles. The van der Waals surface area contributed by atoms with E-state index in [1.165, 1.54) is 24.2 Å². The van der Waals surface area contributed by atoms with E-state index in [2.05, 4.69) is 53.1 Å². The van der Waals surface area contributed by atoms with Crippen molar-refractivity contribution in [2.24, 2.45) is 0 Å². The molecule has 1 aliphatic rings. The van der Waals surface area contributed by atoms with Gasteiger partial charge in [0.25, 0.3) is 0 Å². The Labute approximate surface area is 132 Å². The summed E-state index contributed by atoms with van der Waals surface area (Å²) in [6.07, 6.45) is 7.52. The Morgan fingerprint density at radius 2 is 1.95 bits per heavy atom. The molecular weight excluding hydrogens is 280 g/mol. The highest BCUT2D eigenvalue weighted by Crippen LogP contribution is 2.38. The fourth-order valence-corrected chi connectivity index (χ4v) is 3.94. The van der Waals surface area contributed by atoms with Gasteiger partial charge in [0.05, 0.1) is 0 Å². The molecular formula is C16H28N4S. The van der Waals surface area contributed by atoms with Gasteiger partial charge in [-0.15, -0.1) is 0 Å². The van der Waals surface area contributed by atoms with Crippen molar-refractivity contribution >= 4 is 23.4 Å². The Hall–Kier alpha value is -0.970. The minimum absolute atomic E-state index is 0.353. The summed E-state index contributed by atoms with van der Waals surface area (Å²) >= 11 is 2.08. The number of rotatable bonds is 8. The SMILES string of the molecule is CCCNc1ncnc(NCC2(C)CCCS2)c1CCC. The largest absolute Gasteiger partial charge is 0.370 e. The van der Waals surface area contributed by atoms with Crippen LogP contribution in [0.4, 0.5) is 11.6 Å². The maximum absolute atomic E-state index is 4.49. The minimum atomic E-state index is 0.353. The molecule has 1 aromatic rings. The average molecular weight is 308 g/mol. The van der Waals surface area contributed by atoms with Gasteiger partial charge in [0.1, 0.15) is 18.0 Å². The maximum atomic E-state index is 4.49. The first-order chi connectivity index (χ1) is 10.2. The number of nitrogens with zero attached hydrogens (tertiary/aromatic N) is 2. The van der Waals surface area contributed by atoms with Crippen molar-refractivity contribution in [3.8, 4) is 0 Å². The van der Waals surface area contributed by atoms with Crippen LogP contribution in [0.1, 0.15) is 52.0 Å². The summed E-state index contributed by atoms with van der Waals surface area (Å²) < 4.78 is 0.353. The van der Waals surface area contributed by atoms with Gasteiger partial charge in [0.2, 0.25) is 0 Å². The van der Waals surface area contributed by atoms with E-state index in [1.54, 1.807) is 6.33 Å². The highest BCUT2D eigenvalue weighted by Gasteiger charge is 2.29. The molecule has 1 aliphatic heterocycles. The fraction of sp³-hybridized carbons (Fsp3) is 0.750. The lowest BCUT2D eigenvalue weighted by atomic mass is 10.1. The van der Waals surface area contributed by atoms with Crippen molar-refractivity contribution in [3.05, 3.63) is 11.9 Å². The number of aromatic nitrogens is 2. The summed E-state index contributed by atoms with van der Waals surface area (Å²) in [6.45, 7) is 8.67. The Bertz CT molecular complexity index is 444. The lowest BCUT2D eigenvalue weighted by molar-refractivity contribution is 0.633. The van der Waals surface area contributed by atoms with E-state index in [-0.39, 0.29) is 0 Å². The molecule has 0 bridgehead atoms. The second kappa shape index (κ2) is 7.87. The van der Waals surface area contributed by atoms with Gasteiger partial charge in [-0.05, 0) is 38.4 Å². The molecule has 2 rings (SSSR count). The van der Waals surface area contributed by atoms with Crippen LogP contribution in [0.15, 0.2) is 6.33 Å². The number of thioether (sulfide) groups is 1. The molecule has 0 radical (unpaired) electrons. The third-order valence-electron chi connectivity index (χ3n) is 3.92. The predicted octanol–water partition coefficient (Wildman–Crippen LogP) is 3.95. The zero-order valence-corrected chi connectivity index (χ0v) is 14.4. The molecule has 0 amide bonds. The molecule has 0 spiro atoms. The molecule has 2 N–H and O–H groups in total. The van der Waals surface area contributed by atoms with Crippen molar-refractivity contribution in [3.63, 3.8) is 0 Å². The zero-order valence-electron chi connectivity index (χ0n) is 13.5. The second-order valence-electron chi connectivity index (χ2n) is 5.98. The van der Waals surface area contributed by atoms with E-state index < -0.39 is 0 Å². The molecule has 118 valence electrons. The zero-order chi connectivity index (χ0) is 15.1. The van der Waals surface area contributed by atoms with Gasteiger partial charge in [-0.1, -0.05) is 20.3 Å². The van der Waals surface area contributed by atoms with Crippen LogP contribution in [0.2, 0.25) is 0 Å². The van der Waals surface area contributed by atoms with Crippen LogP contribution in [0.3, 0.4) is 0 Å². The molecule has 4 nitrogen and oxygen atoms in total. The molecule has 21 heavy (non-hydrogen) atoms. The Morgan fingerprint density at radius 3 is 2.57 bits per heavy atom. The Morgan fingerprint density at radius 1 is 1.19 bits per heavy atom. The van der Waals surface area contributed by atoms with E-state index in [0.29, 0.717) is 4.75 Å². The second-order valence-corrected chi connectivity index (χ2v) is 7.66. The van der Waals surface area contributed by atoms with Gasteiger partial charge in [-0.3, -0.25) is 0 Å². The summed E-state index contributed by atoms with van der Waals surface area (Å²) in [5, 5.41) is 7.01. The lowest BCUT2D eigenvalue weighted by Crippen LogP contribution is -2.28. The van der Waals surface area contributed by atoms with E-state index >= 15 is 0 Å². The van der Waals surface area contributed by atoms with Gasteiger partial charge in [0, 0.05) is 23.4 Å². The first kappa shape index (κ1) is 16.4. The van der Waals surface area contributed by atoms with Crippen molar-refractivity contribution in [2.45, 2.75) is 57.6 Å². The molecule has 1 fully saturated rings.